The minimum absolute atomic E-state index is 0.298. The molecule has 0 spiro atoms. The average molecular weight is 599 g/mol. The van der Waals surface area contributed by atoms with Gasteiger partial charge in [-0.3, -0.25) is 4.98 Å². The van der Waals surface area contributed by atoms with Crippen molar-refractivity contribution in [2.24, 2.45) is 0 Å². The molecule has 0 radical (unpaired) electrons. The number of halogens is 3. The third-order valence-corrected chi connectivity index (χ3v) is 8.00. The molecule has 1 aliphatic rings. The number of benzene rings is 3. The van der Waals surface area contributed by atoms with Crippen LogP contribution in [0.25, 0.3) is 5.69 Å². The molecule has 1 fully saturated rings. The van der Waals surface area contributed by atoms with Gasteiger partial charge < -0.3 is 19.5 Å². The Bertz CT molecular complexity index is 1770. The number of ether oxygens (including phenoxy) is 1. The molecule has 3 heterocycles. The Balaban J connectivity index is 1.41. The summed E-state index contributed by atoms with van der Waals surface area (Å²) in [5, 5.41) is 3.98. The van der Waals surface area contributed by atoms with E-state index in [-0.39, 0.29) is 12.1 Å². The van der Waals surface area contributed by atoms with Crippen molar-refractivity contribution in [2.45, 2.75) is 39.0 Å². The molecule has 5 nitrogen and oxygen atoms in total. The molecular formula is C34H29F3N4OS. The van der Waals surface area contributed by atoms with Crippen molar-refractivity contribution in [2.75, 3.05) is 4.90 Å². The molecule has 43 heavy (non-hydrogen) atoms. The molecule has 0 saturated carbocycles. The molecule has 2 aromatic heterocycles. The molecule has 0 aliphatic carbocycles. The van der Waals surface area contributed by atoms with E-state index in [9.17, 15) is 13.2 Å². The van der Waals surface area contributed by atoms with E-state index >= 15 is 0 Å². The standard InChI is InChI=1S/C34H29F3N4OS/c1-21-10-14-27(15-11-21)42-28-16-12-25(13-17-28)41-32(31(39-33(41)43)30-9-4-5-18-38-30)29-19-22(2)40(23(29)3)26-8-6-7-24(20-26)34(35,36)37/h4-20,31-32H,1-3H3,(H,39,43). The second kappa shape index (κ2) is 11.2. The molecule has 1 saturated heterocycles. The maximum absolute atomic E-state index is 13.6. The molecule has 3 aromatic carbocycles. The fourth-order valence-electron chi connectivity index (χ4n) is 5.67. The molecule has 0 amide bonds. The second-order valence-electron chi connectivity index (χ2n) is 10.6. The predicted molar refractivity (Wildman–Crippen MR) is 166 cm³/mol. The zero-order valence-electron chi connectivity index (χ0n) is 23.8. The van der Waals surface area contributed by atoms with Crippen molar-refractivity contribution >= 4 is 23.0 Å². The van der Waals surface area contributed by atoms with E-state index in [1.165, 1.54) is 12.1 Å². The molecule has 5 aromatic rings. The Kier molecular flexibility index (Phi) is 7.43. The molecule has 2 atom stereocenters. The zero-order chi connectivity index (χ0) is 30.3. The van der Waals surface area contributed by atoms with Gasteiger partial charge in [-0.25, -0.2) is 0 Å². The van der Waals surface area contributed by atoms with Crippen molar-refractivity contribution in [3.05, 3.63) is 137 Å². The lowest BCUT2D eigenvalue weighted by atomic mass is 9.96. The normalized spacial score (nSPS) is 16.8. The molecule has 0 bridgehead atoms. The highest BCUT2D eigenvalue weighted by atomic mass is 32.1. The van der Waals surface area contributed by atoms with Crippen molar-refractivity contribution in [1.82, 2.24) is 14.9 Å². The monoisotopic (exact) mass is 598 g/mol. The van der Waals surface area contributed by atoms with Crippen LogP contribution in [0.1, 0.15) is 45.9 Å². The van der Waals surface area contributed by atoms with Crippen LogP contribution in [0.2, 0.25) is 0 Å². The summed E-state index contributed by atoms with van der Waals surface area (Å²) in [4.78, 5) is 6.67. The van der Waals surface area contributed by atoms with Gasteiger partial charge in [0, 0.05) is 29.0 Å². The van der Waals surface area contributed by atoms with E-state index in [4.69, 9.17) is 17.0 Å². The van der Waals surface area contributed by atoms with Gasteiger partial charge in [0.05, 0.1) is 23.3 Å². The van der Waals surface area contributed by atoms with Gasteiger partial charge in [0.2, 0.25) is 0 Å². The lowest BCUT2D eigenvalue weighted by Gasteiger charge is -2.28. The van der Waals surface area contributed by atoms with Gasteiger partial charge in [0.1, 0.15) is 11.5 Å². The molecular weight excluding hydrogens is 569 g/mol. The van der Waals surface area contributed by atoms with Crippen molar-refractivity contribution < 1.29 is 17.9 Å². The summed E-state index contributed by atoms with van der Waals surface area (Å²) in [6.45, 7) is 5.85. The van der Waals surface area contributed by atoms with Crippen molar-refractivity contribution in [3.63, 3.8) is 0 Å². The smallest absolute Gasteiger partial charge is 0.416 e. The molecule has 1 aliphatic heterocycles. The highest BCUT2D eigenvalue weighted by Gasteiger charge is 2.42. The van der Waals surface area contributed by atoms with Gasteiger partial charge in [-0.2, -0.15) is 13.2 Å². The maximum atomic E-state index is 13.6. The van der Waals surface area contributed by atoms with E-state index < -0.39 is 11.7 Å². The molecule has 218 valence electrons. The van der Waals surface area contributed by atoms with Gasteiger partial charge in [-0.15, -0.1) is 0 Å². The number of pyridine rings is 1. The van der Waals surface area contributed by atoms with E-state index in [1.807, 2.05) is 103 Å². The van der Waals surface area contributed by atoms with Crippen LogP contribution in [0.5, 0.6) is 11.5 Å². The SMILES string of the molecule is Cc1ccc(Oc2ccc(N3C(=S)NC(c4ccccn4)C3c3cc(C)n(-c4cccc(C(F)(F)F)c4)c3C)cc2)cc1. The first-order chi connectivity index (χ1) is 20.6. The van der Waals surface area contributed by atoms with Crippen LogP contribution < -0.4 is 15.0 Å². The third kappa shape index (κ3) is 5.60. The number of rotatable bonds is 6. The zero-order valence-corrected chi connectivity index (χ0v) is 24.6. The second-order valence-corrected chi connectivity index (χ2v) is 11.0. The Morgan fingerprint density at radius 2 is 1.51 bits per heavy atom. The van der Waals surface area contributed by atoms with Gasteiger partial charge in [-0.05, 0) is 111 Å². The number of anilines is 1. The highest BCUT2D eigenvalue weighted by Crippen LogP contribution is 2.44. The van der Waals surface area contributed by atoms with Crippen LogP contribution in [0, 0.1) is 20.8 Å². The van der Waals surface area contributed by atoms with Crippen LogP contribution in [-0.2, 0) is 6.18 Å². The van der Waals surface area contributed by atoms with E-state index in [0.717, 1.165) is 45.7 Å². The van der Waals surface area contributed by atoms with Gasteiger partial charge in [0.25, 0.3) is 0 Å². The summed E-state index contributed by atoms with van der Waals surface area (Å²) in [5.74, 6) is 1.43. The summed E-state index contributed by atoms with van der Waals surface area (Å²) in [7, 11) is 0. The average Bonchev–Trinajstić information content (AvgIpc) is 3.49. The quantitative estimate of drug-likeness (QED) is 0.198. The number of nitrogens with zero attached hydrogens (tertiary/aromatic N) is 3. The van der Waals surface area contributed by atoms with E-state index in [0.29, 0.717) is 16.5 Å². The fraction of sp³-hybridized carbons (Fsp3) is 0.176. The Morgan fingerprint density at radius 1 is 0.814 bits per heavy atom. The minimum atomic E-state index is -4.44. The Hall–Kier alpha value is -4.63. The summed E-state index contributed by atoms with van der Waals surface area (Å²) in [6.07, 6.45) is -2.70. The lowest BCUT2D eigenvalue weighted by molar-refractivity contribution is -0.137. The summed E-state index contributed by atoms with van der Waals surface area (Å²) < 4.78 is 48.6. The maximum Gasteiger partial charge on any atom is 0.416 e. The number of nitrogens with one attached hydrogen (secondary N) is 1. The summed E-state index contributed by atoms with van der Waals surface area (Å²) in [5.41, 5.74) is 5.12. The molecule has 2 unspecified atom stereocenters. The first kappa shape index (κ1) is 28.5. The number of aryl methyl sites for hydroxylation is 2. The number of hydrogen-bond acceptors (Lipinski definition) is 3. The van der Waals surface area contributed by atoms with Gasteiger partial charge in [-0.1, -0.05) is 29.8 Å². The van der Waals surface area contributed by atoms with Crippen LogP contribution >= 0.6 is 12.2 Å². The topological polar surface area (TPSA) is 42.3 Å². The van der Waals surface area contributed by atoms with E-state index in [2.05, 4.69) is 10.3 Å². The van der Waals surface area contributed by atoms with Crippen molar-refractivity contribution in [3.8, 4) is 17.2 Å². The Labute approximate surface area is 253 Å². The number of hydrogen-bond donors (Lipinski definition) is 1. The van der Waals surface area contributed by atoms with Crippen LogP contribution in [-0.4, -0.2) is 14.7 Å². The van der Waals surface area contributed by atoms with Crippen molar-refractivity contribution in [1.29, 1.82) is 0 Å². The van der Waals surface area contributed by atoms with Gasteiger partial charge >= 0.3 is 6.18 Å². The first-order valence-corrected chi connectivity index (χ1v) is 14.2. The lowest BCUT2D eigenvalue weighted by Crippen LogP contribution is -2.29. The van der Waals surface area contributed by atoms with Crippen LogP contribution in [0.3, 0.4) is 0 Å². The predicted octanol–water partition coefficient (Wildman–Crippen LogP) is 8.79. The van der Waals surface area contributed by atoms with Crippen LogP contribution in [0.4, 0.5) is 18.9 Å². The molecule has 1 N–H and O–H groups in total. The largest absolute Gasteiger partial charge is 0.457 e. The van der Waals surface area contributed by atoms with Gasteiger partial charge in [0.15, 0.2) is 5.11 Å². The first-order valence-electron chi connectivity index (χ1n) is 13.8. The molecule has 6 rings (SSSR count). The van der Waals surface area contributed by atoms with Crippen LogP contribution in [0.15, 0.2) is 103 Å². The summed E-state index contributed by atoms with van der Waals surface area (Å²) in [6, 6.07) is 28.1. The Morgan fingerprint density at radius 3 is 2.16 bits per heavy atom. The van der Waals surface area contributed by atoms with E-state index in [1.54, 1.807) is 12.3 Å². The third-order valence-electron chi connectivity index (χ3n) is 7.69. The number of alkyl halides is 3. The molecule has 9 heteroatoms. The highest BCUT2D eigenvalue weighted by molar-refractivity contribution is 7.80. The minimum Gasteiger partial charge on any atom is -0.457 e. The number of aromatic nitrogens is 2. The number of thiocarbonyl (C=S) groups is 1. The fourth-order valence-corrected chi connectivity index (χ4v) is 6.02. The summed E-state index contributed by atoms with van der Waals surface area (Å²) >= 11 is 5.88.